The van der Waals surface area contributed by atoms with E-state index in [0.717, 1.165) is 0 Å². The number of rotatable bonds is 6. The highest BCUT2D eigenvalue weighted by molar-refractivity contribution is 6.04. The van der Waals surface area contributed by atoms with Crippen LogP contribution in [0, 0.1) is 6.92 Å². The number of hydrogen-bond donors (Lipinski definition) is 0. The third-order valence-corrected chi connectivity index (χ3v) is 2.68. The standard InChI is InChI=1S/C14H19NO6/c1-6-20-13(16)9-10(14(17)21-7-2)15-12(19-5)8(3)11(9)18-4/h6-7H2,1-5H3. The molecule has 1 rings (SSSR count). The minimum Gasteiger partial charge on any atom is -0.495 e. The molecule has 7 heteroatoms. The molecule has 0 bridgehead atoms. The van der Waals surface area contributed by atoms with E-state index in [2.05, 4.69) is 4.98 Å². The van der Waals surface area contributed by atoms with Gasteiger partial charge >= 0.3 is 11.9 Å². The van der Waals surface area contributed by atoms with Crippen molar-refractivity contribution >= 4 is 11.9 Å². The van der Waals surface area contributed by atoms with Gasteiger partial charge in [-0.1, -0.05) is 0 Å². The quantitative estimate of drug-likeness (QED) is 0.740. The zero-order chi connectivity index (χ0) is 16.0. The lowest BCUT2D eigenvalue weighted by molar-refractivity contribution is 0.0469. The lowest BCUT2D eigenvalue weighted by Crippen LogP contribution is -2.18. The predicted octanol–water partition coefficient (Wildman–Crippen LogP) is 1.76. The largest absolute Gasteiger partial charge is 0.495 e. The molecule has 1 heterocycles. The van der Waals surface area contributed by atoms with Gasteiger partial charge in [0.15, 0.2) is 5.69 Å². The number of ether oxygens (including phenoxy) is 4. The average molecular weight is 297 g/mol. The molecule has 0 atom stereocenters. The van der Waals surface area contributed by atoms with Crippen LogP contribution in [0.4, 0.5) is 0 Å². The van der Waals surface area contributed by atoms with Crippen LogP contribution in [0.1, 0.15) is 40.3 Å². The van der Waals surface area contributed by atoms with E-state index < -0.39 is 11.9 Å². The molecule has 0 aliphatic heterocycles. The van der Waals surface area contributed by atoms with Gasteiger partial charge in [-0.25, -0.2) is 14.6 Å². The second kappa shape index (κ2) is 7.47. The smallest absolute Gasteiger partial charge is 0.358 e. The van der Waals surface area contributed by atoms with E-state index in [1.54, 1.807) is 20.8 Å². The average Bonchev–Trinajstić information content (AvgIpc) is 2.47. The molecule has 0 aliphatic carbocycles. The molecule has 116 valence electrons. The molecule has 7 nitrogen and oxygen atoms in total. The molecular weight excluding hydrogens is 278 g/mol. The maximum absolute atomic E-state index is 12.1. The Bertz CT molecular complexity index is 541. The van der Waals surface area contributed by atoms with Gasteiger partial charge in [0.1, 0.15) is 11.3 Å². The van der Waals surface area contributed by atoms with E-state index in [0.29, 0.717) is 5.56 Å². The Morgan fingerprint density at radius 2 is 1.57 bits per heavy atom. The zero-order valence-corrected chi connectivity index (χ0v) is 12.8. The fourth-order valence-corrected chi connectivity index (χ4v) is 1.83. The van der Waals surface area contributed by atoms with E-state index in [1.807, 2.05) is 0 Å². The minimum atomic E-state index is -0.739. The second-order valence-corrected chi connectivity index (χ2v) is 3.94. The highest BCUT2D eigenvalue weighted by atomic mass is 16.5. The number of pyridine rings is 1. The third kappa shape index (κ3) is 3.42. The summed E-state index contributed by atoms with van der Waals surface area (Å²) in [6, 6.07) is 0. The summed E-state index contributed by atoms with van der Waals surface area (Å²) in [5, 5.41) is 0. The molecule has 21 heavy (non-hydrogen) atoms. The van der Waals surface area contributed by atoms with Gasteiger partial charge in [-0.2, -0.15) is 0 Å². The van der Waals surface area contributed by atoms with E-state index in [-0.39, 0.29) is 36.1 Å². The number of methoxy groups -OCH3 is 2. The van der Waals surface area contributed by atoms with Crippen LogP contribution in [0.3, 0.4) is 0 Å². The van der Waals surface area contributed by atoms with Crippen molar-refractivity contribution in [2.75, 3.05) is 27.4 Å². The maximum atomic E-state index is 12.1. The fourth-order valence-electron chi connectivity index (χ4n) is 1.83. The van der Waals surface area contributed by atoms with Crippen LogP contribution in [0.15, 0.2) is 0 Å². The summed E-state index contributed by atoms with van der Waals surface area (Å²) in [7, 11) is 2.80. The van der Waals surface area contributed by atoms with Crippen LogP contribution in [0.2, 0.25) is 0 Å². The number of esters is 2. The first kappa shape index (κ1) is 16.7. The van der Waals surface area contributed by atoms with Crippen LogP contribution >= 0.6 is 0 Å². The lowest BCUT2D eigenvalue weighted by Gasteiger charge is -2.16. The summed E-state index contributed by atoms with van der Waals surface area (Å²) in [5.41, 5.74) is 0.252. The topological polar surface area (TPSA) is 84.0 Å². The number of hydrogen-bond acceptors (Lipinski definition) is 7. The molecule has 0 radical (unpaired) electrons. The molecular formula is C14H19NO6. The van der Waals surface area contributed by atoms with E-state index in [9.17, 15) is 9.59 Å². The van der Waals surface area contributed by atoms with Crippen molar-refractivity contribution in [2.24, 2.45) is 0 Å². The Kier molecular flexibility index (Phi) is 5.95. The summed E-state index contributed by atoms with van der Waals surface area (Å²) in [4.78, 5) is 28.2. The normalized spacial score (nSPS) is 9.95. The Morgan fingerprint density at radius 3 is 2.05 bits per heavy atom. The molecule has 0 saturated carbocycles. The zero-order valence-electron chi connectivity index (χ0n) is 12.8. The molecule has 0 aromatic carbocycles. The van der Waals surface area contributed by atoms with Crippen LogP contribution in [0.25, 0.3) is 0 Å². The maximum Gasteiger partial charge on any atom is 0.358 e. The monoisotopic (exact) mass is 297 g/mol. The first-order valence-electron chi connectivity index (χ1n) is 6.48. The number of carbonyl (C=O) groups is 2. The van der Waals surface area contributed by atoms with Gasteiger partial charge in [0, 0.05) is 0 Å². The van der Waals surface area contributed by atoms with Gasteiger partial charge in [-0.15, -0.1) is 0 Å². The highest BCUT2D eigenvalue weighted by Crippen LogP contribution is 2.32. The summed E-state index contributed by atoms with van der Waals surface area (Å²) in [6.07, 6.45) is 0. The SMILES string of the molecule is CCOC(=O)c1nc(OC)c(C)c(OC)c1C(=O)OCC. The minimum absolute atomic E-state index is 0.0592. The molecule has 0 spiro atoms. The van der Waals surface area contributed by atoms with E-state index in [1.165, 1.54) is 14.2 Å². The van der Waals surface area contributed by atoms with Crippen LogP contribution in [-0.2, 0) is 9.47 Å². The van der Waals surface area contributed by atoms with Crippen molar-refractivity contribution in [1.29, 1.82) is 0 Å². The highest BCUT2D eigenvalue weighted by Gasteiger charge is 2.29. The van der Waals surface area contributed by atoms with Crippen molar-refractivity contribution in [3.8, 4) is 11.6 Å². The first-order valence-corrected chi connectivity index (χ1v) is 6.48. The number of aromatic nitrogens is 1. The van der Waals surface area contributed by atoms with Gasteiger partial charge in [0.05, 0.1) is 33.0 Å². The number of nitrogens with zero attached hydrogens (tertiary/aromatic N) is 1. The Hall–Kier alpha value is -2.31. The van der Waals surface area contributed by atoms with Crippen molar-refractivity contribution in [3.05, 3.63) is 16.8 Å². The Balaban J connectivity index is 3.57. The summed E-state index contributed by atoms with van der Waals surface area (Å²) in [6.45, 7) is 5.31. The Labute approximate surface area is 123 Å². The van der Waals surface area contributed by atoms with Crippen molar-refractivity contribution in [1.82, 2.24) is 4.98 Å². The van der Waals surface area contributed by atoms with Gasteiger partial charge in [0.25, 0.3) is 0 Å². The molecule has 0 fully saturated rings. The van der Waals surface area contributed by atoms with Crippen molar-refractivity contribution < 1.29 is 28.5 Å². The number of carbonyl (C=O) groups excluding carboxylic acids is 2. The van der Waals surface area contributed by atoms with Crippen molar-refractivity contribution in [2.45, 2.75) is 20.8 Å². The molecule has 0 saturated heterocycles. The molecule has 1 aromatic heterocycles. The third-order valence-electron chi connectivity index (χ3n) is 2.68. The van der Waals surface area contributed by atoms with Gasteiger partial charge in [-0.3, -0.25) is 0 Å². The van der Waals surface area contributed by atoms with Gasteiger partial charge < -0.3 is 18.9 Å². The van der Waals surface area contributed by atoms with Crippen LogP contribution < -0.4 is 9.47 Å². The van der Waals surface area contributed by atoms with E-state index in [4.69, 9.17) is 18.9 Å². The molecule has 0 aliphatic rings. The molecule has 0 N–H and O–H groups in total. The van der Waals surface area contributed by atoms with Crippen LogP contribution in [-0.4, -0.2) is 44.4 Å². The Morgan fingerprint density at radius 1 is 1.00 bits per heavy atom. The fraction of sp³-hybridized carbons (Fsp3) is 0.500. The van der Waals surface area contributed by atoms with E-state index >= 15 is 0 Å². The summed E-state index contributed by atoms with van der Waals surface area (Å²) < 4.78 is 20.2. The van der Waals surface area contributed by atoms with Crippen LogP contribution in [0.5, 0.6) is 11.6 Å². The molecule has 1 aromatic rings. The summed E-state index contributed by atoms with van der Waals surface area (Å²) in [5.74, 6) is -1.07. The second-order valence-electron chi connectivity index (χ2n) is 3.94. The van der Waals surface area contributed by atoms with Crippen molar-refractivity contribution in [3.63, 3.8) is 0 Å². The first-order chi connectivity index (χ1) is 10.0. The molecule has 0 amide bonds. The van der Waals surface area contributed by atoms with Gasteiger partial charge in [-0.05, 0) is 20.8 Å². The molecule has 0 unspecified atom stereocenters. The lowest BCUT2D eigenvalue weighted by atomic mass is 10.1. The summed E-state index contributed by atoms with van der Waals surface area (Å²) >= 11 is 0. The predicted molar refractivity (Wildman–Crippen MR) is 74.0 cm³/mol. The van der Waals surface area contributed by atoms with Gasteiger partial charge in [0.2, 0.25) is 5.88 Å².